The van der Waals surface area contributed by atoms with Gasteiger partial charge >= 0.3 is 0 Å². The third kappa shape index (κ3) is 3.23. The summed E-state index contributed by atoms with van der Waals surface area (Å²) in [6.45, 7) is 0.482. The monoisotopic (exact) mass is 299 g/mol. The Hall–Kier alpha value is -2.33. The van der Waals surface area contributed by atoms with Gasteiger partial charge in [0.25, 0.3) is 0 Å². The van der Waals surface area contributed by atoms with Crippen molar-refractivity contribution in [1.29, 1.82) is 0 Å². The molecular formula is C16H14ClN3O. The molecule has 0 aliphatic rings. The summed E-state index contributed by atoms with van der Waals surface area (Å²) in [6, 6.07) is 11.2. The topological polar surface area (TPSA) is 57.8 Å². The SMILES string of the molecule is O=C(Cc1cccc(Cl)c1)NCc1ccnc2[nH]ccc12. The molecule has 2 aromatic heterocycles. The van der Waals surface area contributed by atoms with E-state index in [-0.39, 0.29) is 5.91 Å². The summed E-state index contributed by atoms with van der Waals surface area (Å²) < 4.78 is 0. The van der Waals surface area contributed by atoms with Crippen molar-refractivity contribution in [3.8, 4) is 0 Å². The minimum Gasteiger partial charge on any atom is -0.352 e. The van der Waals surface area contributed by atoms with Gasteiger partial charge in [0.1, 0.15) is 5.65 Å². The van der Waals surface area contributed by atoms with Crippen LogP contribution in [0, 0.1) is 0 Å². The molecule has 3 rings (SSSR count). The highest BCUT2D eigenvalue weighted by molar-refractivity contribution is 6.30. The number of amides is 1. The van der Waals surface area contributed by atoms with Crippen LogP contribution in [0.5, 0.6) is 0 Å². The van der Waals surface area contributed by atoms with Gasteiger partial charge < -0.3 is 10.3 Å². The minimum absolute atomic E-state index is 0.0298. The molecule has 0 atom stereocenters. The number of fused-ring (bicyclic) bond motifs is 1. The number of hydrogen-bond acceptors (Lipinski definition) is 2. The van der Waals surface area contributed by atoms with Gasteiger partial charge in [-0.2, -0.15) is 0 Å². The van der Waals surface area contributed by atoms with Crippen LogP contribution in [0.3, 0.4) is 0 Å². The van der Waals surface area contributed by atoms with Crippen molar-refractivity contribution in [3.05, 3.63) is 64.9 Å². The van der Waals surface area contributed by atoms with Gasteiger partial charge in [-0.05, 0) is 35.4 Å². The number of carbonyl (C=O) groups excluding carboxylic acids is 1. The molecule has 21 heavy (non-hydrogen) atoms. The van der Waals surface area contributed by atoms with Crippen molar-refractivity contribution < 1.29 is 4.79 Å². The summed E-state index contributed by atoms with van der Waals surface area (Å²) in [5.41, 5.74) is 2.78. The number of hydrogen-bond donors (Lipinski definition) is 2. The summed E-state index contributed by atoms with van der Waals surface area (Å²) in [5, 5.41) is 4.60. The van der Waals surface area contributed by atoms with E-state index >= 15 is 0 Å². The lowest BCUT2D eigenvalue weighted by Crippen LogP contribution is -2.24. The molecule has 0 radical (unpaired) electrons. The van der Waals surface area contributed by atoms with E-state index in [0.29, 0.717) is 18.0 Å². The molecule has 2 N–H and O–H groups in total. The summed E-state index contributed by atoms with van der Waals surface area (Å²) in [6.07, 6.45) is 3.90. The van der Waals surface area contributed by atoms with Crippen molar-refractivity contribution in [3.63, 3.8) is 0 Å². The van der Waals surface area contributed by atoms with Gasteiger partial charge in [0, 0.05) is 29.3 Å². The fourth-order valence-electron chi connectivity index (χ4n) is 2.26. The van der Waals surface area contributed by atoms with Crippen molar-refractivity contribution in [2.45, 2.75) is 13.0 Å². The number of halogens is 1. The number of benzene rings is 1. The Morgan fingerprint density at radius 1 is 1.29 bits per heavy atom. The first kappa shape index (κ1) is 13.6. The zero-order valence-electron chi connectivity index (χ0n) is 11.3. The molecule has 4 nitrogen and oxygen atoms in total. The van der Waals surface area contributed by atoms with E-state index in [9.17, 15) is 4.79 Å². The third-order valence-electron chi connectivity index (χ3n) is 3.28. The highest BCUT2D eigenvalue weighted by Gasteiger charge is 2.06. The number of nitrogens with zero attached hydrogens (tertiary/aromatic N) is 1. The quantitative estimate of drug-likeness (QED) is 0.778. The van der Waals surface area contributed by atoms with E-state index in [0.717, 1.165) is 22.2 Å². The van der Waals surface area contributed by atoms with Crippen molar-refractivity contribution in [2.24, 2.45) is 0 Å². The molecule has 0 saturated carbocycles. The first-order valence-electron chi connectivity index (χ1n) is 6.64. The molecular weight excluding hydrogens is 286 g/mol. The summed E-state index contributed by atoms with van der Waals surface area (Å²) in [4.78, 5) is 19.3. The largest absolute Gasteiger partial charge is 0.352 e. The van der Waals surface area contributed by atoms with Gasteiger partial charge in [0.2, 0.25) is 5.91 Å². The Bertz CT molecular complexity index is 782. The normalized spacial score (nSPS) is 10.7. The molecule has 5 heteroatoms. The summed E-state index contributed by atoms with van der Waals surface area (Å²) in [5.74, 6) is -0.0298. The molecule has 0 bridgehead atoms. The smallest absolute Gasteiger partial charge is 0.224 e. The van der Waals surface area contributed by atoms with Crippen LogP contribution < -0.4 is 5.32 Å². The van der Waals surface area contributed by atoms with Crippen molar-refractivity contribution >= 4 is 28.5 Å². The van der Waals surface area contributed by atoms with E-state index in [1.165, 1.54) is 0 Å². The van der Waals surface area contributed by atoms with Crippen LogP contribution in [0.2, 0.25) is 5.02 Å². The zero-order chi connectivity index (χ0) is 14.7. The first-order valence-corrected chi connectivity index (χ1v) is 7.02. The summed E-state index contributed by atoms with van der Waals surface area (Å²) >= 11 is 5.91. The van der Waals surface area contributed by atoms with Crippen LogP contribution >= 0.6 is 11.6 Å². The van der Waals surface area contributed by atoms with Crippen molar-refractivity contribution in [1.82, 2.24) is 15.3 Å². The second-order valence-electron chi connectivity index (χ2n) is 4.79. The number of carbonyl (C=O) groups is 1. The predicted octanol–water partition coefficient (Wildman–Crippen LogP) is 3.08. The molecule has 0 saturated heterocycles. The number of nitrogens with one attached hydrogen (secondary N) is 2. The zero-order valence-corrected chi connectivity index (χ0v) is 12.0. The van der Waals surface area contributed by atoms with E-state index in [2.05, 4.69) is 15.3 Å². The molecule has 0 fully saturated rings. The fourth-order valence-corrected chi connectivity index (χ4v) is 2.47. The number of aromatic nitrogens is 2. The van der Waals surface area contributed by atoms with Gasteiger partial charge in [0.05, 0.1) is 6.42 Å². The van der Waals surface area contributed by atoms with Crippen LogP contribution in [0.1, 0.15) is 11.1 Å². The lowest BCUT2D eigenvalue weighted by Gasteiger charge is -2.07. The second-order valence-corrected chi connectivity index (χ2v) is 5.23. The van der Waals surface area contributed by atoms with Gasteiger partial charge in [-0.25, -0.2) is 4.98 Å². The van der Waals surface area contributed by atoms with Crippen LogP contribution in [-0.4, -0.2) is 15.9 Å². The third-order valence-corrected chi connectivity index (χ3v) is 3.52. The number of aromatic amines is 1. The van der Waals surface area contributed by atoms with E-state index in [1.807, 2.05) is 30.5 Å². The van der Waals surface area contributed by atoms with Gasteiger partial charge in [-0.1, -0.05) is 23.7 Å². The predicted molar refractivity (Wildman–Crippen MR) is 83.1 cm³/mol. The fraction of sp³-hybridized carbons (Fsp3) is 0.125. The molecule has 0 aliphatic heterocycles. The van der Waals surface area contributed by atoms with Gasteiger partial charge in [0.15, 0.2) is 0 Å². The molecule has 1 aromatic carbocycles. The highest BCUT2D eigenvalue weighted by atomic mass is 35.5. The standard InChI is InChI=1S/C16H14ClN3O/c17-13-3-1-2-11(8-13)9-15(21)20-10-12-4-6-18-16-14(12)5-7-19-16/h1-8H,9-10H2,(H,18,19)(H,20,21). The number of pyridine rings is 1. The van der Waals surface area contributed by atoms with Crippen LogP contribution in [0.4, 0.5) is 0 Å². The molecule has 0 unspecified atom stereocenters. The van der Waals surface area contributed by atoms with Crippen molar-refractivity contribution in [2.75, 3.05) is 0 Å². The van der Waals surface area contributed by atoms with E-state index in [4.69, 9.17) is 11.6 Å². The first-order chi connectivity index (χ1) is 10.2. The Morgan fingerprint density at radius 2 is 2.19 bits per heavy atom. The molecule has 106 valence electrons. The molecule has 0 spiro atoms. The Kier molecular flexibility index (Phi) is 3.88. The lowest BCUT2D eigenvalue weighted by molar-refractivity contribution is -0.120. The maximum absolute atomic E-state index is 12.0. The van der Waals surface area contributed by atoms with Crippen LogP contribution in [0.15, 0.2) is 48.8 Å². The minimum atomic E-state index is -0.0298. The van der Waals surface area contributed by atoms with Crippen LogP contribution in [0.25, 0.3) is 11.0 Å². The average molecular weight is 300 g/mol. The number of rotatable bonds is 4. The Morgan fingerprint density at radius 3 is 3.05 bits per heavy atom. The maximum Gasteiger partial charge on any atom is 0.224 e. The van der Waals surface area contributed by atoms with E-state index in [1.54, 1.807) is 18.3 Å². The number of H-pyrrole nitrogens is 1. The molecule has 0 aliphatic carbocycles. The lowest BCUT2D eigenvalue weighted by atomic mass is 10.1. The van der Waals surface area contributed by atoms with Gasteiger partial charge in [-0.3, -0.25) is 4.79 Å². The second kappa shape index (κ2) is 5.97. The molecule has 3 aromatic rings. The molecule has 1 amide bonds. The maximum atomic E-state index is 12.0. The summed E-state index contributed by atoms with van der Waals surface area (Å²) in [7, 11) is 0. The average Bonchev–Trinajstić information content (AvgIpc) is 2.94. The Balaban J connectivity index is 1.65. The van der Waals surface area contributed by atoms with Gasteiger partial charge in [-0.15, -0.1) is 0 Å². The Labute approximate surface area is 127 Å². The van der Waals surface area contributed by atoms with E-state index < -0.39 is 0 Å². The molecule has 2 heterocycles. The highest BCUT2D eigenvalue weighted by Crippen LogP contribution is 2.15. The van der Waals surface area contributed by atoms with Crippen LogP contribution in [-0.2, 0) is 17.8 Å².